The first-order chi connectivity index (χ1) is 8.13. The fraction of sp³-hybridized carbons (Fsp3) is 0.462. The smallest absolute Gasteiger partial charge is 0.222 e. The van der Waals surface area contributed by atoms with Crippen LogP contribution < -0.4 is 0 Å². The molecule has 0 fully saturated rings. The lowest BCUT2D eigenvalue weighted by Crippen LogP contribution is -2.25. The molecule has 0 radical (unpaired) electrons. The van der Waals surface area contributed by atoms with Gasteiger partial charge in [0.15, 0.2) is 0 Å². The molecule has 1 rings (SSSR count). The summed E-state index contributed by atoms with van der Waals surface area (Å²) in [5.74, 6) is 0.765. The van der Waals surface area contributed by atoms with E-state index in [0.717, 1.165) is 18.4 Å². The van der Waals surface area contributed by atoms with Crippen molar-refractivity contribution in [3.63, 3.8) is 0 Å². The summed E-state index contributed by atoms with van der Waals surface area (Å²) in [5, 5.41) is 0.700. The predicted octanol–water partition coefficient (Wildman–Crippen LogP) is 3.71. The predicted molar refractivity (Wildman–Crippen MR) is 72.5 cm³/mol. The van der Waals surface area contributed by atoms with E-state index in [9.17, 15) is 4.79 Å². The summed E-state index contributed by atoms with van der Waals surface area (Å²) in [7, 11) is 1.81. The quantitative estimate of drug-likeness (QED) is 0.572. The fourth-order valence-corrected chi connectivity index (χ4v) is 1.96. The Balaban J connectivity index is 2.43. The van der Waals surface area contributed by atoms with Gasteiger partial charge < -0.3 is 4.90 Å². The Hall–Kier alpha value is -0.730. The second kappa shape index (κ2) is 7.57. The number of benzene rings is 1. The topological polar surface area (TPSA) is 20.3 Å². The summed E-state index contributed by atoms with van der Waals surface area (Å²) in [6.07, 6.45) is 2.30. The molecule has 2 nitrogen and oxygen atoms in total. The first-order valence-electron chi connectivity index (χ1n) is 5.68. The number of hydrogen-bond acceptors (Lipinski definition) is 1. The number of carbonyl (C=O) groups excluding carboxylic acids is 1. The van der Waals surface area contributed by atoms with Crippen molar-refractivity contribution in [3.8, 4) is 0 Å². The molecule has 4 heteroatoms. The van der Waals surface area contributed by atoms with Crippen LogP contribution in [0.3, 0.4) is 0 Å². The van der Waals surface area contributed by atoms with Crippen LogP contribution in [0, 0.1) is 0 Å². The third kappa shape index (κ3) is 5.42. The lowest BCUT2D eigenvalue weighted by Gasteiger charge is -2.17. The molecule has 0 saturated carbocycles. The van der Waals surface area contributed by atoms with E-state index in [4.69, 9.17) is 23.2 Å². The second-order valence-corrected chi connectivity index (χ2v) is 4.84. The summed E-state index contributed by atoms with van der Waals surface area (Å²) >= 11 is 11.5. The monoisotopic (exact) mass is 273 g/mol. The van der Waals surface area contributed by atoms with Crippen LogP contribution in [0.2, 0.25) is 5.02 Å². The maximum atomic E-state index is 11.8. The lowest BCUT2D eigenvalue weighted by atomic mass is 10.2. The van der Waals surface area contributed by atoms with Crippen molar-refractivity contribution in [1.82, 2.24) is 4.90 Å². The number of unbranched alkanes of at least 4 members (excludes halogenated alkanes) is 1. The molecule has 0 N–H and O–H groups in total. The summed E-state index contributed by atoms with van der Waals surface area (Å²) in [4.78, 5) is 13.5. The largest absolute Gasteiger partial charge is 0.341 e. The van der Waals surface area contributed by atoms with Crippen LogP contribution in [-0.2, 0) is 11.3 Å². The van der Waals surface area contributed by atoms with Gasteiger partial charge in [0, 0.05) is 30.9 Å². The van der Waals surface area contributed by atoms with Gasteiger partial charge in [-0.15, -0.1) is 11.6 Å². The maximum Gasteiger partial charge on any atom is 0.222 e. The van der Waals surface area contributed by atoms with Crippen LogP contribution in [0.25, 0.3) is 0 Å². The molecule has 94 valence electrons. The van der Waals surface area contributed by atoms with E-state index in [1.807, 2.05) is 31.3 Å². The zero-order valence-electron chi connectivity index (χ0n) is 9.96. The van der Waals surface area contributed by atoms with Crippen LogP contribution in [0.15, 0.2) is 24.3 Å². The minimum Gasteiger partial charge on any atom is -0.341 e. The number of alkyl halides is 1. The van der Waals surface area contributed by atoms with E-state index in [-0.39, 0.29) is 5.91 Å². The molecule has 0 aliphatic carbocycles. The Labute approximate surface area is 113 Å². The molecular weight excluding hydrogens is 257 g/mol. The van der Waals surface area contributed by atoms with Gasteiger partial charge in [-0.25, -0.2) is 0 Å². The van der Waals surface area contributed by atoms with Crippen LogP contribution in [-0.4, -0.2) is 23.7 Å². The van der Waals surface area contributed by atoms with Gasteiger partial charge in [0.2, 0.25) is 5.91 Å². The van der Waals surface area contributed by atoms with Crippen molar-refractivity contribution in [2.75, 3.05) is 12.9 Å². The van der Waals surface area contributed by atoms with Gasteiger partial charge in [-0.05, 0) is 30.5 Å². The van der Waals surface area contributed by atoms with Crippen LogP contribution in [0.1, 0.15) is 24.8 Å². The minimum absolute atomic E-state index is 0.148. The Bertz CT molecular complexity index is 368. The Kier molecular flexibility index (Phi) is 6.38. The third-order valence-electron chi connectivity index (χ3n) is 2.51. The first kappa shape index (κ1) is 14.3. The molecule has 0 bridgehead atoms. The Morgan fingerprint density at radius 2 is 2.12 bits per heavy atom. The zero-order valence-corrected chi connectivity index (χ0v) is 11.5. The molecule has 0 aliphatic rings. The van der Waals surface area contributed by atoms with Gasteiger partial charge in [0.05, 0.1) is 0 Å². The number of halogens is 2. The van der Waals surface area contributed by atoms with E-state index < -0.39 is 0 Å². The highest BCUT2D eigenvalue weighted by molar-refractivity contribution is 6.30. The highest BCUT2D eigenvalue weighted by atomic mass is 35.5. The molecule has 0 saturated heterocycles. The van der Waals surface area contributed by atoms with Gasteiger partial charge in [0.1, 0.15) is 0 Å². The van der Waals surface area contributed by atoms with E-state index in [2.05, 4.69) is 0 Å². The molecule has 0 aromatic heterocycles. The van der Waals surface area contributed by atoms with Gasteiger partial charge in [0.25, 0.3) is 0 Å². The highest BCUT2D eigenvalue weighted by Crippen LogP contribution is 2.12. The standard InChI is InChI=1S/C13H17Cl2NO/c1-16(13(17)7-2-3-8-14)10-11-5-4-6-12(15)9-11/h4-6,9H,2-3,7-8,10H2,1H3. The average molecular weight is 274 g/mol. The van der Waals surface area contributed by atoms with E-state index >= 15 is 0 Å². The van der Waals surface area contributed by atoms with Crippen molar-refractivity contribution in [1.29, 1.82) is 0 Å². The second-order valence-electron chi connectivity index (χ2n) is 4.03. The maximum absolute atomic E-state index is 11.8. The molecule has 17 heavy (non-hydrogen) atoms. The van der Waals surface area contributed by atoms with Gasteiger partial charge in [-0.2, -0.15) is 0 Å². The van der Waals surface area contributed by atoms with Crippen molar-refractivity contribution < 1.29 is 4.79 Å². The zero-order chi connectivity index (χ0) is 12.7. The SMILES string of the molecule is CN(Cc1cccc(Cl)c1)C(=O)CCCCCl. The summed E-state index contributed by atoms with van der Waals surface area (Å²) < 4.78 is 0. The van der Waals surface area contributed by atoms with Gasteiger partial charge in [-0.3, -0.25) is 4.79 Å². The first-order valence-corrected chi connectivity index (χ1v) is 6.59. The van der Waals surface area contributed by atoms with Crippen molar-refractivity contribution >= 4 is 29.1 Å². The molecule has 0 spiro atoms. The summed E-state index contributed by atoms with van der Waals surface area (Å²) in [5.41, 5.74) is 1.05. The Morgan fingerprint density at radius 1 is 1.35 bits per heavy atom. The van der Waals surface area contributed by atoms with Crippen LogP contribution in [0.4, 0.5) is 0 Å². The summed E-state index contributed by atoms with van der Waals surface area (Å²) in [6.45, 7) is 0.597. The molecule has 1 aromatic rings. The molecule has 0 atom stereocenters. The fourth-order valence-electron chi connectivity index (χ4n) is 1.56. The number of rotatable bonds is 6. The number of carbonyl (C=O) groups is 1. The normalized spacial score (nSPS) is 10.3. The van der Waals surface area contributed by atoms with Gasteiger partial charge in [-0.1, -0.05) is 23.7 Å². The average Bonchev–Trinajstić information content (AvgIpc) is 2.29. The van der Waals surface area contributed by atoms with E-state index in [0.29, 0.717) is 23.9 Å². The molecule has 0 heterocycles. The summed E-state index contributed by atoms with van der Waals surface area (Å²) in [6, 6.07) is 7.56. The number of nitrogens with zero attached hydrogens (tertiary/aromatic N) is 1. The molecule has 0 unspecified atom stereocenters. The highest BCUT2D eigenvalue weighted by Gasteiger charge is 2.08. The number of hydrogen-bond donors (Lipinski definition) is 0. The molecular formula is C13H17Cl2NO. The molecule has 0 aliphatic heterocycles. The third-order valence-corrected chi connectivity index (χ3v) is 3.01. The van der Waals surface area contributed by atoms with E-state index in [1.54, 1.807) is 4.90 Å². The molecule has 1 amide bonds. The van der Waals surface area contributed by atoms with Crippen molar-refractivity contribution in [2.24, 2.45) is 0 Å². The number of amides is 1. The Morgan fingerprint density at radius 3 is 2.76 bits per heavy atom. The van der Waals surface area contributed by atoms with Crippen LogP contribution in [0.5, 0.6) is 0 Å². The van der Waals surface area contributed by atoms with E-state index in [1.165, 1.54) is 0 Å². The van der Waals surface area contributed by atoms with Gasteiger partial charge >= 0.3 is 0 Å². The lowest BCUT2D eigenvalue weighted by molar-refractivity contribution is -0.130. The van der Waals surface area contributed by atoms with Crippen molar-refractivity contribution in [3.05, 3.63) is 34.9 Å². The van der Waals surface area contributed by atoms with Crippen LogP contribution >= 0.6 is 23.2 Å². The molecule has 1 aromatic carbocycles. The van der Waals surface area contributed by atoms with Crippen molar-refractivity contribution in [2.45, 2.75) is 25.8 Å². The minimum atomic E-state index is 0.148.